The third-order valence-corrected chi connectivity index (χ3v) is 3.77. The predicted molar refractivity (Wildman–Crippen MR) is 58.0 cm³/mol. The van der Waals surface area contributed by atoms with Crippen LogP contribution in [0.4, 0.5) is 5.69 Å². The molecule has 1 aromatic heterocycles. The predicted octanol–water partition coefficient (Wildman–Crippen LogP) is 2.10. The molecule has 0 saturated carbocycles. The molecule has 13 heavy (non-hydrogen) atoms. The second-order valence-corrected chi connectivity index (χ2v) is 4.87. The summed E-state index contributed by atoms with van der Waals surface area (Å²) in [7, 11) is 0. The molecule has 0 aliphatic carbocycles. The van der Waals surface area contributed by atoms with Crippen molar-refractivity contribution < 1.29 is 0 Å². The molecule has 0 radical (unpaired) electrons. The minimum atomic E-state index is 0.650. The van der Waals surface area contributed by atoms with E-state index in [2.05, 4.69) is 24.1 Å². The van der Waals surface area contributed by atoms with E-state index in [1.807, 2.05) is 0 Å². The Bertz CT molecular complexity index is 304. The number of anilines is 1. The van der Waals surface area contributed by atoms with Crippen LogP contribution in [0.3, 0.4) is 0 Å². The van der Waals surface area contributed by atoms with Crippen LogP contribution in [-0.4, -0.2) is 17.5 Å². The monoisotopic (exact) mass is 196 g/mol. The topological polar surface area (TPSA) is 29.3 Å². The summed E-state index contributed by atoms with van der Waals surface area (Å²) in [6, 6.07) is 0.650. The number of nitrogens with two attached hydrogens (primary N) is 1. The highest BCUT2D eigenvalue weighted by Gasteiger charge is 2.20. The van der Waals surface area contributed by atoms with Gasteiger partial charge in [-0.1, -0.05) is 0 Å². The molecule has 1 aliphatic rings. The normalized spacial score (nSPS) is 17.8. The zero-order valence-corrected chi connectivity index (χ0v) is 9.03. The van der Waals surface area contributed by atoms with Gasteiger partial charge in [-0.25, -0.2) is 0 Å². The molecular formula is C10H16N2S. The first kappa shape index (κ1) is 9.03. The largest absolute Gasteiger partial charge is 0.398 e. The summed E-state index contributed by atoms with van der Waals surface area (Å²) in [6.45, 7) is 6.75. The SMILES string of the molecule is CC(C)N1CCc2c(N)csc2C1. The summed E-state index contributed by atoms with van der Waals surface area (Å²) < 4.78 is 0. The van der Waals surface area contributed by atoms with Gasteiger partial charge in [-0.2, -0.15) is 0 Å². The molecule has 0 spiro atoms. The molecule has 0 saturated heterocycles. The van der Waals surface area contributed by atoms with Crippen molar-refractivity contribution in [3.8, 4) is 0 Å². The maximum Gasteiger partial charge on any atom is 0.0459 e. The zero-order chi connectivity index (χ0) is 9.42. The van der Waals surface area contributed by atoms with E-state index in [4.69, 9.17) is 5.73 Å². The molecule has 2 heterocycles. The Hall–Kier alpha value is -0.540. The van der Waals surface area contributed by atoms with E-state index >= 15 is 0 Å². The summed E-state index contributed by atoms with van der Waals surface area (Å²) in [5, 5.41) is 2.08. The van der Waals surface area contributed by atoms with Crippen LogP contribution in [-0.2, 0) is 13.0 Å². The van der Waals surface area contributed by atoms with Gasteiger partial charge in [0.1, 0.15) is 0 Å². The van der Waals surface area contributed by atoms with E-state index in [1.54, 1.807) is 11.3 Å². The fourth-order valence-corrected chi connectivity index (χ4v) is 2.83. The summed E-state index contributed by atoms with van der Waals surface area (Å²) in [6.07, 6.45) is 1.13. The molecular weight excluding hydrogens is 180 g/mol. The van der Waals surface area contributed by atoms with Crippen molar-refractivity contribution in [1.82, 2.24) is 4.90 Å². The summed E-state index contributed by atoms with van der Waals surface area (Å²) in [5.41, 5.74) is 8.28. The van der Waals surface area contributed by atoms with E-state index in [0.717, 1.165) is 25.2 Å². The maximum atomic E-state index is 5.87. The van der Waals surface area contributed by atoms with Crippen LogP contribution in [0.1, 0.15) is 24.3 Å². The second kappa shape index (κ2) is 3.31. The Morgan fingerprint density at radius 3 is 3.00 bits per heavy atom. The van der Waals surface area contributed by atoms with E-state index in [1.165, 1.54) is 10.4 Å². The molecule has 0 bridgehead atoms. The van der Waals surface area contributed by atoms with Gasteiger partial charge < -0.3 is 5.73 Å². The number of rotatable bonds is 1. The van der Waals surface area contributed by atoms with Gasteiger partial charge in [0, 0.05) is 35.1 Å². The Morgan fingerprint density at radius 2 is 2.31 bits per heavy atom. The molecule has 3 heteroatoms. The molecule has 0 amide bonds. The summed E-state index contributed by atoms with van der Waals surface area (Å²) in [4.78, 5) is 3.97. The quantitative estimate of drug-likeness (QED) is 0.745. The van der Waals surface area contributed by atoms with Gasteiger partial charge in [-0.3, -0.25) is 4.90 Å². The van der Waals surface area contributed by atoms with Crippen LogP contribution < -0.4 is 5.73 Å². The standard InChI is InChI=1S/C10H16N2S/c1-7(2)12-4-3-8-9(11)6-13-10(8)5-12/h6-7H,3-5,11H2,1-2H3. The van der Waals surface area contributed by atoms with Crippen molar-refractivity contribution in [3.05, 3.63) is 15.8 Å². The molecule has 1 aromatic rings. The van der Waals surface area contributed by atoms with Gasteiger partial charge in [-0.15, -0.1) is 11.3 Å². The molecule has 0 unspecified atom stereocenters. The van der Waals surface area contributed by atoms with Crippen LogP contribution in [0.2, 0.25) is 0 Å². The lowest BCUT2D eigenvalue weighted by Crippen LogP contribution is -2.35. The lowest BCUT2D eigenvalue weighted by Gasteiger charge is -2.30. The minimum Gasteiger partial charge on any atom is -0.398 e. The van der Waals surface area contributed by atoms with Crippen molar-refractivity contribution in [2.45, 2.75) is 32.9 Å². The van der Waals surface area contributed by atoms with Gasteiger partial charge in [0.25, 0.3) is 0 Å². The zero-order valence-electron chi connectivity index (χ0n) is 8.21. The minimum absolute atomic E-state index is 0.650. The van der Waals surface area contributed by atoms with Crippen molar-refractivity contribution in [1.29, 1.82) is 0 Å². The lowest BCUT2D eigenvalue weighted by atomic mass is 10.1. The third kappa shape index (κ3) is 1.58. The Morgan fingerprint density at radius 1 is 1.54 bits per heavy atom. The Kier molecular flexibility index (Phi) is 2.30. The van der Waals surface area contributed by atoms with Crippen LogP contribution in [0.25, 0.3) is 0 Å². The molecule has 0 aromatic carbocycles. The third-order valence-electron chi connectivity index (χ3n) is 2.74. The van der Waals surface area contributed by atoms with Crippen molar-refractivity contribution in [2.75, 3.05) is 12.3 Å². The molecule has 0 fully saturated rings. The smallest absolute Gasteiger partial charge is 0.0459 e. The highest BCUT2D eigenvalue weighted by Crippen LogP contribution is 2.30. The van der Waals surface area contributed by atoms with E-state index in [-0.39, 0.29) is 0 Å². The Balaban J connectivity index is 2.21. The number of fused-ring (bicyclic) bond motifs is 1. The second-order valence-electron chi connectivity index (χ2n) is 3.91. The average molecular weight is 196 g/mol. The molecule has 2 N–H and O–H groups in total. The fourth-order valence-electron chi connectivity index (χ4n) is 1.81. The number of hydrogen-bond donors (Lipinski definition) is 1. The van der Waals surface area contributed by atoms with E-state index in [0.29, 0.717) is 6.04 Å². The summed E-state index contributed by atoms with van der Waals surface area (Å²) >= 11 is 1.81. The molecule has 72 valence electrons. The average Bonchev–Trinajstić information content (AvgIpc) is 2.47. The van der Waals surface area contributed by atoms with Crippen LogP contribution >= 0.6 is 11.3 Å². The fraction of sp³-hybridized carbons (Fsp3) is 0.600. The number of thiophene rings is 1. The molecule has 2 nitrogen and oxygen atoms in total. The maximum absolute atomic E-state index is 5.87. The lowest BCUT2D eigenvalue weighted by molar-refractivity contribution is 0.206. The first-order valence-corrected chi connectivity index (χ1v) is 5.65. The van der Waals surface area contributed by atoms with E-state index < -0.39 is 0 Å². The van der Waals surface area contributed by atoms with Gasteiger partial charge >= 0.3 is 0 Å². The highest BCUT2D eigenvalue weighted by molar-refractivity contribution is 7.10. The van der Waals surface area contributed by atoms with Gasteiger partial charge in [0.15, 0.2) is 0 Å². The van der Waals surface area contributed by atoms with Crippen LogP contribution in [0.15, 0.2) is 5.38 Å². The van der Waals surface area contributed by atoms with Crippen LogP contribution in [0.5, 0.6) is 0 Å². The molecule has 2 rings (SSSR count). The molecule has 0 atom stereocenters. The van der Waals surface area contributed by atoms with Crippen molar-refractivity contribution >= 4 is 17.0 Å². The van der Waals surface area contributed by atoms with Gasteiger partial charge in [-0.05, 0) is 25.8 Å². The Labute approximate surface area is 83.4 Å². The van der Waals surface area contributed by atoms with Gasteiger partial charge in [0.2, 0.25) is 0 Å². The first-order valence-electron chi connectivity index (χ1n) is 4.77. The van der Waals surface area contributed by atoms with Crippen molar-refractivity contribution in [3.63, 3.8) is 0 Å². The van der Waals surface area contributed by atoms with Gasteiger partial charge in [0.05, 0.1) is 0 Å². The number of hydrogen-bond acceptors (Lipinski definition) is 3. The summed E-state index contributed by atoms with van der Waals surface area (Å²) in [5.74, 6) is 0. The van der Waals surface area contributed by atoms with Crippen LogP contribution in [0, 0.1) is 0 Å². The number of nitrogens with zero attached hydrogens (tertiary/aromatic N) is 1. The molecule has 1 aliphatic heterocycles. The first-order chi connectivity index (χ1) is 6.18. The highest BCUT2D eigenvalue weighted by atomic mass is 32.1. The van der Waals surface area contributed by atoms with E-state index in [9.17, 15) is 0 Å². The number of nitrogen functional groups attached to an aromatic ring is 1. The van der Waals surface area contributed by atoms with Crippen molar-refractivity contribution in [2.24, 2.45) is 0 Å².